The molecule has 6 rings (SSSR count). The van der Waals surface area contributed by atoms with E-state index in [2.05, 4.69) is 22.6 Å². The monoisotopic (exact) mass is 604 g/mol. The Balaban J connectivity index is 1.27. The van der Waals surface area contributed by atoms with Gasteiger partial charge in [-0.3, -0.25) is 4.79 Å². The molecule has 2 saturated carbocycles. The Kier molecular flexibility index (Phi) is 8.07. The Hall–Kier alpha value is -2.94. The molecule has 3 fully saturated rings. The number of esters is 1. The molecular formula is C28H34F2N6O5S. The van der Waals surface area contributed by atoms with Crippen LogP contribution in [0.25, 0.3) is 11.2 Å². The van der Waals surface area contributed by atoms with Crippen molar-refractivity contribution in [3.05, 3.63) is 35.4 Å². The maximum atomic E-state index is 13.9. The number of carbonyl (C=O) groups excluding carboxylic acids is 1. The van der Waals surface area contributed by atoms with E-state index >= 15 is 0 Å². The van der Waals surface area contributed by atoms with Crippen molar-refractivity contribution in [1.29, 1.82) is 0 Å². The van der Waals surface area contributed by atoms with Crippen molar-refractivity contribution in [3.8, 4) is 0 Å². The normalized spacial score (nSPS) is 27.8. The minimum atomic E-state index is -0.859. The molecule has 3 heterocycles. The molecule has 0 radical (unpaired) electrons. The van der Waals surface area contributed by atoms with Gasteiger partial charge in [0.25, 0.3) is 0 Å². The van der Waals surface area contributed by atoms with Crippen LogP contribution in [0.3, 0.4) is 0 Å². The van der Waals surface area contributed by atoms with E-state index in [9.17, 15) is 13.6 Å². The standard InChI is InChI=1S/C28H34F2N6O5S/c1-5-10-42-27-32-25(31-19-12-16(19)15-6-7-17(29)18(30)11-15)22-26(33-27)36(35-34-22)20-13-21(39-9-8-38-14(2)37)24-23(20)40-28(3,4)41-24/h6-7,11,16,19-21,23-24H,5,8-10,12-13H2,1-4H3,(H,31,32,33)/t16-,19+,20+,21-,23-,24+/m0/s1. The number of anilines is 1. The molecule has 0 bridgehead atoms. The largest absolute Gasteiger partial charge is 0.463 e. The zero-order valence-electron chi connectivity index (χ0n) is 23.9. The number of nitrogens with zero attached hydrogens (tertiary/aromatic N) is 5. The van der Waals surface area contributed by atoms with Crippen molar-refractivity contribution in [2.24, 2.45) is 0 Å². The Morgan fingerprint density at radius 3 is 2.74 bits per heavy atom. The van der Waals surface area contributed by atoms with E-state index in [1.807, 2.05) is 13.8 Å². The van der Waals surface area contributed by atoms with E-state index in [1.54, 1.807) is 22.5 Å². The maximum absolute atomic E-state index is 13.9. The van der Waals surface area contributed by atoms with Gasteiger partial charge in [0, 0.05) is 31.1 Å². The van der Waals surface area contributed by atoms with Crippen molar-refractivity contribution >= 4 is 34.7 Å². The molecule has 0 spiro atoms. The number of halogens is 2. The average Bonchev–Trinajstić information content (AvgIpc) is 3.28. The third-order valence-corrected chi connectivity index (χ3v) is 8.69. The van der Waals surface area contributed by atoms with Gasteiger partial charge in [0.2, 0.25) is 0 Å². The molecular weight excluding hydrogens is 570 g/mol. The van der Waals surface area contributed by atoms with E-state index in [0.717, 1.165) is 30.2 Å². The summed E-state index contributed by atoms with van der Waals surface area (Å²) in [6, 6.07) is 3.74. The maximum Gasteiger partial charge on any atom is 0.302 e. The second kappa shape index (κ2) is 11.6. The number of nitrogens with one attached hydrogen (secondary N) is 1. The van der Waals surface area contributed by atoms with Crippen LogP contribution in [0.2, 0.25) is 0 Å². The SMILES string of the molecule is CCCSc1nc(N[C@@H]2C[C@H]2c2ccc(F)c(F)c2)c2nnn([C@@H]3C[C@H](OCCOC(C)=O)[C@H]4OC(C)(C)O[C@H]43)c2n1. The fraction of sp³-hybridized carbons (Fsp3) is 0.607. The lowest BCUT2D eigenvalue weighted by Gasteiger charge is -2.23. The van der Waals surface area contributed by atoms with Crippen molar-refractivity contribution in [1.82, 2.24) is 25.0 Å². The number of fused-ring (bicyclic) bond motifs is 2. The van der Waals surface area contributed by atoms with Gasteiger partial charge in [0.1, 0.15) is 18.8 Å². The van der Waals surface area contributed by atoms with E-state index in [0.29, 0.717) is 28.6 Å². The number of thioether (sulfide) groups is 1. The van der Waals surface area contributed by atoms with Gasteiger partial charge >= 0.3 is 5.97 Å². The lowest BCUT2D eigenvalue weighted by atomic mass is 10.1. The summed E-state index contributed by atoms with van der Waals surface area (Å²) in [5.41, 5.74) is 1.81. The average molecular weight is 605 g/mol. The van der Waals surface area contributed by atoms with E-state index in [-0.39, 0.29) is 55.5 Å². The first-order valence-electron chi connectivity index (χ1n) is 14.2. The quantitative estimate of drug-likeness (QED) is 0.145. The molecule has 6 atom stereocenters. The highest BCUT2D eigenvalue weighted by atomic mass is 32.2. The molecule has 0 unspecified atom stereocenters. The second-order valence-electron chi connectivity index (χ2n) is 11.3. The Labute approximate surface area is 246 Å². The van der Waals surface area contributed by atoms with E-state index in [4.69, 9.17) is 28.9 Å². The van der Waals surface area contributed by atoms with Crippen LogP contribution in [0.5, 0.6) is 0 Å². The van der Waals surface area contributed by atoms with Gasteiger partial charge < -0.3 is 24.3 Å². The molecule has 0 amide bonds. The van der Waals surface area contributed by atoms with Crippen LogP contribution in [-0.4, -0.2) is 80.0 Å². The Morgan fingerprint density at radius 2 is 1.98 bits per heavy atom. The van der Waals surface area contributed by atoms with Crippen molar-refractivity contribution < 1.29 is 32.5 Å². The Bertz CT molecular complexity index is 1470. The first-order valence-corrected chi connectivity index (χ1v) is 15.2. The molecule has 1 N–H and O–H groups in total. The fourth-order valence-corrected chi connectivity index (χ4v) is 6.42. The predicted octanol–water partition coefficient (Wildman–Crippen LogP) is 4.38. The molecule has 2 aromatic heterocycles. The number of aromatic nitrogens is 5. The van der Waals surface area contributed by atoms with Crippen LogP contribution < -0.4 is 5.32 Å². The summed E-state index contributed by atoms with van der Waals surface area (Å²) in [7, 11) is 0. The predicted molar refractivity (Wildman–Crippen MR) is 149 cm³/mol. The van der Waals surface area contributed by atoms with Crippen LogP contribution in [-0.2, 0) is 23.7 Å². The van der Waals surface area contributed by atoms with Gasteiger partial charge in [-0.2, -0.15) is 0 Å². The van der Waals surface area contributed by atoms with Crippen molar-refractivity contribution in [2.75, 3.05) is 24.3 Å². The highest BCUT2D eigenvalue weighted by Crippen LogP contribution is 2.47. The van der Waals surface area contributed by atoms with Crippen LogP contribution in [0.1, 0.15) is 64.5 Å². The summed E-state index contributed by atoms with van der Waals surface area (Å²) in [6.45, 7) is 7.56. The number of ether oxygens (including phenoxy) is 4. The van der Waals surface area contributed by atoms with Gasteiger partial charge in [0.05, 0.1) is 18.8 Å². The topological polar surface area (TPSA) is 123 Å². The van der Waals surface area contributed by atoms with Gasteiger partial charge in [0.15, 0.2) is 39.6 Å². The summed E-state index contributed by atoms with van der Waals surface area (Å²) in [5, 5.41) is 13.0. The molecule has 1 aliphatic heterocycles. The summed E-state index contributed by atoms with van der Waals surface area (Å²) in [4.78, 5) is 20.8. The third-order valence-electron chi connectivity index (χ3n) is 7.64. The van der Waals surface area contributed by atoms with Crippen LogP contribution in [0.4, 0.5) is 14.6 Å². The second-order valence-corrected chi connectivity index (χ2v) is 12.4. The van der Waals surface area contributed by atoms with E-state index in [1.165, 1.54) is 13.0 Å². The highest BCUT2D eigenvalue weighted by Gasteiger charge is 2.56. The first kappa shape index (κ1) is 29.1. The van der Waals surface area contributed by atoms with Crippen LogP contribution in [0.15, 0.2) is 23.4 Å². The molecule has 14 heteroatoms. The number of rotatable bonds is 11. The number of benzene rings is 1. The van der Waals surface area contributed by atoms with Crippen molar-refractivity contribution in [2.45, 2.75) is 94.2 Å². The molecule has 1 saturated heterocycles. The smallest absolute Gasteiger partial charge is 0.302 e. The minimum Gasteiger partial charge on any atom is -0.463 e. The minimum absolute atomic E-state index is 0.0136. The van der Waals surface area contributed by atoms with Gasteiger partial charge in [-0.1, -0.05) is 30.0 Å². The van der Waals surface area contributed by atoms with Gasteiger partial charge in [-0.05, 0) is 44.4 Å². The fourth-order valence-electron chi connectivity index (χ4n) is 5.73. The van der Waals surface area contributed by atoms with Crippen molar-refractivity contribution in [3.63, 3.8) is 0 Å². The molecule has 3 aromatic rings. The summed E-state index contributed by atoms with van der Waals surface area (Å²) in [6.07, 6.45) is 1.22. The first-order chi connectivity index (χ1) is 20.1. The summed E-state index contributed by atoms with van der Waals surface area (Å²) in [5.74, 6) is -1.47. The number of carbonyl (C=O) groups is 1. The third kappa shape index (κ3) is 5.94. The Morgan fingerprint density at radius 1 is 1.17 bits per heavy atom. The van der Waals surface area contributed by atoms with Gasteiger partial charge in [-0.15, -0.1) is 5.10 Å². The zero-order chi connectivity index (χ0) is 29.6. The van der Waals surface area contributed by atoms with Crippen LogP contribution >= 0.6 is 11.8 Å². The number of hydrogen-bond acceptors (Lipinski definition) is 11. The lowest BCUT2D eigenvalue weighted by molar-refractivity contribution is -0.171. The molecule has 11 nitrogen and oxygen atoms in total. The molecule has 3 aliphatic rings. The summed E-state index contributed by atoms with van der Waals surface area (Å²) >= 11 is 1.54. The highest BCUT2D eigenvalue weighted by molar-refractivity contribution is 7.99. The zero-order valence-corrected chi connectivity index (χ0v) is 24.7. The number of hydrogen-bond donors (Lipinski definition) is 1. The lowest BCUT2D eigenvalue weighted by Crippen LogP contribution is -2.31. The molecule has 2 aliphatic carbocycles. The molecule has 226 valence electrons. The van der Waals surface area contributed by atoms with E-state index < -0.39 is 17.4 Å². The van der Waals surface area contributed by atoms with Crippen LogP contribution in [0, 0.1) is 11.6 Å². The summed E-state index contributed by atoms with van der Waals surface area (Å²) < 4.78 is 52.7. The molecule has 42 heavy (non-hydrogen) atoms. The molecule has 1 aromatic carbocycles. The van der Waals surface area contributed by atoms with Gasteiger partial charge in [-0.25, -0.2) is 23.4 Å².